The van der Waals surface area contributed by atoms with Gasteiger partial charge in [-0.15, -0.1) is 12.4 Å². The predicted molar refractivity (Wildman–Crippen MR) is 87.8 cm³/mol. The molecule has 21 heavy (non-hydrogen) atoms. The van der Waals surface area contributed by atoms with E-state index >= 15 is 0 Å². The molecule has 2 saturated heterocycles. The van der Waals surface area contributed by atoms with E-state index in [2.05, 4.69) is 11.8 Å². The van der Waals surface area contributed by atoms with Crippen molar-refractivity contribution in [2.75, 3.05) is 31.1 Å². The van der Waals surface area contributed by atoms with E-state index in [1.807, 2.05) is 35.2 Å². The standard InChI is InChI=1S/C16H23N3O.ClH/c1-16(11-17)8-10-18(12-16)14-7-9-19(15(14)20)13-5-3-2-4-6-13;/h2-6,14H,7-12,17H2,1H3;1H. The van der Waals surface area contributed by atoms with Gasteiger partial charge in [-0.2, -0.15) is 0 Å². The molecule has 0 spiro atoms. The number of nitrogens with zero attached hydrogens (tertiary/aromatic N) is 2. The lowest BCUT2D eigenvalue weighted by Crippen LogP contribution is -2.42. The second kappa shape index (κ2) is 6.34. The van der Waals surface area contributed by atoms with Crippen LogP contribution in [0.1, 0.15) is 19.8 Å². The number of carbonyl (C=O) groups excluding carboxylic acids is 1. The van der Waals surface area contributed by atoms with Crippen molar-refractivity contribution in [3.63, 3.8) is 0 Å². The van der Waals surface area contributed by atoms with Gasteiger partial charge >= 0.3 is 0 Å². The van der Waals surface area contributed by atoms with Gasteiger partial charge in [0.25, 0.3) is 0 Å². The van der Waals surface area contributed by atoms with E-state index in [0.717, 1.165) is 38.2 Å². The first-order chi connectivity index (χ1) is 9.63. The van der Waals surface area contributed by atoms with Crippen molar-refractivity contribution >= 4 is 24.0 Å². The largest absolute Gasteiger partial charge is 0.330 e. The van der Waals surface area contributed by atoms with Crippen molar-refractivity contribution in [2.45, 2.75) is 25.8 Å². The monoisotopic (exact) mass is 309 g/mol. The number of para-hydroxylation sites is 1. The van der Waals surface area contributed by atoms with Crippen molar-refractivity contribution in [3.05, 3.63) is 30.3 Å². The Morgan fingerprint density at radius 2 is 2.00 bits per heavy atom. The number of benzene rings is 1. The fourth-order valence-corrected chi connectivity index (χ4v) is 3.36. The SMILES string of the molecule is CC1(CN)CCN(C2CCN(c3ccccc3)C2=O)C1.Cl. The minimum atomic E-state index is 0. The Balaban J connectivity index is 0.00000161. The molecule has 2 heterocycles. The third-order valence-electron chi connectivity index (χ3n) is 4.77. The molecule has 2 aliphatic heterocycles. The summed E-state index contributed by atoms with van der Waals surface area (Å²) >= 11 is 0. The number of hydrogen-bond donors (Lipinski definition) is 1. The van der Waals surface area contributed by atoms with Gasteiger partial charge < -0.3 is 10.6 Å². The normalized spacial score (nSPS) is 29.7. The second-order valence-corrected chi connectivity index (χ2v) is 6.37. The Morgan fingerprint density at radius 3 is 2.62 bits per heavy atom. The summed E-state index contributed by atoms with van der Waals surface area (Å²) in [5, 5.41) is 0. The van der Waals surface area contributed by atoms with Crippen molar-refractivity contribution in [1.29, 1.82) is 0 Å². The first kappa shape index (κ1) is 16.3. The van der Waals surface area contributed by atoms with Crippen LogP contribution in [0.25, 0.3) is 0 Å². The van der Waals surface area contributed by atoms with Gasteiger partial charge in [-0.3, -0.25) is 9.69 Å². The zero-order valence-electron chi connectivity index (χ0n) is 12.5. The lowest BCUT2D eigenvalue weighted by atomic mass is 9.90. The minimum absolute atomic E-state index is 0. The van der Waals surface area contributed by atoms with E-state index in [1.54, 1.807) is 0 Å². The van der Waals surface area contributed by atoms with E-state index in [-0.39, 0.29) is 29.8 Å². The number of anilines is 1. The Morgan fingerprint density at radius 1 is 1.29 bits per heavy atom. The topological polar surface area (TPSA) is 49.6 Å². The van der Waals surface area contributed by atoms with Crippen molar-refractivity contribution in [1.82, 2.24) is 4.90 Å². The Bertz CT molecular complexity index is 496. The molecular formula is C16H24ClN3O. The molecule has 0 radical (unpaired) electrons. The number of amides is 1. The first-order valence-corrected chi connectivity index (χ1v) is 7.43. The fraction of sp³-hybridized carbons (Fsp3) is 0.562. The van der Waals surface area contributed by atoms with Crippen molar-refractivity contribution in [2.24, 2.45) is 11.1 Å². The summed E-state index contributed by atoms with van der Waals surface area (Å²) in [4.78, 5) is 16.9. The molecule has 5 heteroatoms. The fourth-order valence-electron chi connectivity index (χ4n) is 3.36. The summed E-state index contributed by atoms with van der Waals surface area (Å²) in [6.45, 7) is 5.69. The maximum absolute atomic E-state index is 12.6. The average molecular weight is 310 g/mol. The quantitative estimate of drug-likeness (QED) is 0.927. The molecule has 2 aliphatic rings. The van der Waals surface area contributed by atoms with Crippen LogP contribution in [0, 0.1) is 5.41 Å². The molecule has 2 atom stereocenters. The van der Waals surface area contributed by atoms with E-state index < -0.39 is 0 Å². The van der Waals surface area contributed by atoms with Crippen LogP contribution in [0.2, 0.25) is 0 Å². The highest BCUT2D eigenvalue weighted by atomic mass is 35.5. The van der Waals surface area contributed by atoms with Crippen LogP contribution in [0.3, 0.4) is 0 Å². The predicted octanol–water partition coefficient (Wildman–Crippen LogP) is 1.88. The summed E-state index contributed by atoms with van der Waals surface area (Å²) in [5.74, 6) is 0.248. The van der Waals surface area contributed by atoms with E-state index in [0.29, 0.717) is 6.54 Å². The van der Waals surface area contributed by atoms with E-state index in [1.165, 1.54) is 0 Å². The van der Waals surface area contributed by atoms with Gasteiger partial charge in [0, 0.05) is 18.8 Å². The highest BCUT2D eigenvalue weighted by molar-refractivity contribution is 5.99. The molecule has 4 nitrogen and oxygen atoms in total. The average Bonchev–Trinajstić information content (AvgIpc) is 3.04. The number of nitrogens with two attached hydrogens (primary N) is 1. The third kappa shape index (κ3) is 3.07. The van der Waals surface area contributed by atoms with E-state index in [4.69, 9.17) is 5.73 Å². The summed E-state index contributed by atoms with van der Waals surface area (Å²) in [7, 11) is 0. The molecule has 1 aromatic rings. The summed E-state index contributed by atoms with van der Waals surface area (Å²) < 4.78 is 0. The smallest absolute Gasteiger partial charge is 0.244 e. The van der Waals surface area contributed by atoms with Gasteiger partial charge in [0.15, 0.2) is 0 Å². The Kier molecular flexibility index (Phi) is 4.91. The Labute approximate surface area is 132 Å². The molecule has 1 amide bonds. The molecular weight excluding hydrogens is 286 g/mol. The second-order valence-electron chi connectivity index (χ2n) is 6.37. The molecule has 2 fully saturated rings. The maximum Gasteiger partial charge on any atom is 0.244 e. The van der Waals surface area contributed by atoms with Crippen LogP contribution >= 0.6 is 12.4 Å². The summed E-state index contributed by atoms with van der Waals surface area (Å²) in [6, 6.07) is 10.0. The van der Waals surface area contributed by atoms with Crippen LogP contribution in [-0.4, -0.2) is 43.0 Å². The molecule has 3 rings (SSSR count). The van der Waals surface area contributed by atoms with Gasteiger partial charge in [-0.05, 0) is 43.5 Å². The van der Waals surface area contributed by atoms with Crippen LogP contribution in [0.5, 0.6) is 0 Å². The number of hydrogen-bond acceptors (Lipinski definition) is 3. The van der Waals surface area contributed by atoms with Gasteiger partial charge in [0.2, 0.25) is 5.91 Å². The molecule has 2 N–H and O–H groups in total. The summed E-state index contributed by atoms with van der Waals surface area (Å²) in [6.07, 6.45) is 2.02. The zero-order chi connectivity index (χ0) is 14.2. The minimum Gasteiger partial charge on any atom is -0.330 e. The number of likely N-dealkylation sites (tertiary alicyclic amines) is 1. The lowest BCUT2D eigenvalue weighted by molar-refractivity contribution is -0.121. The van der Waals surface area contributed by atoms with Gasteiger partial charge in [-0.25, -0.2) is 0 Å². The molecule has 1 aromatic carbocycles. The molecule has 2 unspecified atom stereocenters. The zero-order valence-corrected chi connectivity index (χ0v) is 13.3. The van der Waals surface area contributed by atoms with Gasteiger partial charge in [0.1, 0.15) is 0 Å². The first-order valence-electron chi connectivity index (χ1n) is 7.43. The summed E-state index contributed by atoms with van der Waals surface area (Å²) in [5.41, 5.74) is 7.06. The highest BCUT2D eigenvalue weighted by Crippen LogP contribution is 2.33. The number of rotatable bonds is 3. The van der Waals surface area contributed by atoms with Crippen LogP contribution in [0.15, 0.2) is 30.3 Å². The van der Waals surface area contributed by atoms with Crippen LogP contribution < -0.4 is 10.6 Å². The lowest BCUT2D eigenvalue weighted by Gasteiger charge is -2.26. The molecule has 0 saturated carbocycles. The number of halogens is 1. The van der Waals surface area contributed by atoms with Crippen LogP contribution in [0.4, 0.5) is 5.69 Å². The maximum atomic E-state index is 12.6. The van der Waals surface area contributed by atoms with E-state index in [9.17, 15) is 4.79 Å². The molecule has 116 valence electrons. The van der Waals surface area contributed by atoms with Crippen molar-refractivity contribution < 1.29 is 4.79 Å². The highest BCUT2D eigenvalue weighted by Gasteiger charge is 2.42. The third-order valence-corrected chi connectivity index (χ3v) is 4.77. The van der Waals surface area contributed by atoms with Crippen molar-refractivity contribution in [3.8, 4) is 0 Å². The molecule has 0 bridgehead atoms. The molecule has 0 aliphatic carbocycles. The Hall–Kier alpha value is -1.10. The van der Waals surface area contributed by atoms with Gasteiger partial charge in [-0.1, -0.05) is 25.1 Å². The molecule has 0 aromatic heterocycles. The van der Waals surface area contributed by atoms with Gasteiger partial charge in [0.05, 0.1) is 6.04 Å². The van der Waals surface area contributed by atoms with Crippen LogP contribution in [-0.2, 0) is 4.79 Å². The number of carbonyl (C=O) groups is 1.